The third kappa shape index (κ3) is 4.44. The Morgan fingerprint density at radius 3 is 2.68 bits per heavy atom. The average Bonchev–Trinajstić information content (AvgIpc) is 2.79. The third-order valence-electron chi connectivity index (χ3n) is 3.90. The molecule has 0 aromatic carbocycles. The molecule has 8 heteroatoms. The second kappa shape index (κ2) is 8.50. The van der Waals surface area contributed by atoms with Gasteiger partial charge in [-0.1, -0.05) is 0 Å². The number of piperidine rings is 1. The Bertz CT molecular complexity index is 497. The molecule has 22 heavy (non-hydrogen) atoms. The lowest BCUT2D eigenvalue weighted by molar-refractivity contribution is 0.150. The molecular formula is C14H22Cl2N4O2. The van der Waals surface area contributed by atoms with Crippen molar-refractivity contribution in [3.8, 4) is 0 Å². The Kier molecular flexibility index (Phi) is 7.32. The summed E-state index contributed by atoms with van der Waals surface area (Å²) in [5.41, 5.74) is 1.01. The number of amides is 1. The minimum atomic E-state index is -0.316. The smallest absolute Gasteiger partial charge is 0.415 e. The van der Waals surface area contributed by atoms with E-state index in [4.69, 9.17) is 4.74 Å². The Morgan fingerprint density at radius 1 is 1.32 bits per heavy atom. The number of aromatic nitrogens is 2. The van der Waals surface area contributed by atoms with Crippen molar-refractivity contribution in [3.63, 3.8) is 0 Å². The Balaban J connectivity index is 0.00000121. The SMILES string of the molecule is CC1CN(c2cc(CC3CCNCC3)ncn2)C(=O)O1.Cl.Cl. The summed E-state index contributed by atoms with van der Waals surface area (Å²) in [5, 5.41) is 3.37. The van der Waals surface area contributed by atoms with E-state index < -0.39 is 0 Å². The summed E-state index contributed by atoms with van der Waals surface area (Å²) in [6.07, 6.45) is 4.47. The molecule has 2 fully saturated rings. The van der Waals surface area contributed by atoms with Gasteiger partial charge in [0.25, 0.3) is 0 Å². The number of hydrogen-bond acceptors (Lipinski definition) is 5. The lowest BCUT2D eigenvalue weighted by Gasteiger charge is -2.22. The van der Waals surface area contributed by atoms with Crippen molar-refractivity contribution in [2.75, 3.05) is 24.5 Å². The topological polar surface area (TPSA) is 67.3 Å². The maximum atomic E-state index is 11.7. The predicted molar refractivity (Wildman–Crippen MR) is 89.1 cm³/mol. The molecule has 2 saturated heterocycles. The number of carbonyl (C=O) groups is 1. The average molecular weight is 349 g/mol. The second-order valence-electron chi connectivity index (χ2n) is 5.57. The molecule has 0 radical (unpaired) electrons. The highest BCUT2D eigenvalue weighted by Gasteiger charge is 2.30. The van der Waals surface area contributed by atoms with Gasteiger partial charge in [0, 0.05) is 11.8 Å². The van der Waals surface area contributed by atoms with Crippen molar-refractivity contribution < 1.29 is 9.53 Å². The van der Waals surface area contributed by atoms with Gasteiger partial charge in [-0.2, -0.15) is 0 Å². The normalized spacial score (nSPS) is 21.8. The molecule has 6 nitrogen and oxygen atoms in total. The van der Waals surface area contributed by atoms with Crippen LogP contribution in [0.2, 0.25) is 0 Å². The minimum absolute atomic E-state index is 0. The molecule has 1 aromatic heterocycles. The molecule has 124 valence electrons. The Hall–Kier alpha value is -1.11. The van der Waals surface area contributed by atoms with Crippen molar-refractivity contribution in [2.45, 2.75) is 32.3 Å². The second-order valence-corrected chi connectivity index (χ2v) is 5.57. The van der Waals surface area contributed by atoms with Crippen LogP contribution in [0.3, 0.4) is 0 Å². The summed E-state index contributed by atoms with van der Waals surface area (Å²) in [6, 6.07) is 1.92. The zero-order valence-corrected chi connectivity index (χ0v) is 14.2. The molecular weight excluding hydrogens is 327 g/mol. The lowest BCUT2D eigenvalue weighted by atomic mass is 9.93. The first-order chi connectivity index (χ1) is 9.72. The van der Waals surface area contributed by atoms with Crippen molar-refractivity contribution >= 4 is 36.7 Å². The largest absolute Gasteiger partial charge is 0.444 e. The molecule has 0 bridgehead atoms. The molecule has 2 aliphatic heterocycles. The summed E-state index contributed by atoms with van der Waals surface area (Å²) in [7, 11) is 0. The fraction of sp³-hybridized carbons (Fsp3) is 0.643. The third-order valence-corrected chi connectivity index (χ3v) is 3.90. The van der Waals surface area contributed by atoms with Gasteiger partial charge in [-0.3, -0.25) is 4.90 Å². The van der Waals surface area contributed by atoms with Gasteiger partial charge in [0.15, 0.2) is 0 Å². The number of cyclic esters (lactones) is 1. The van der Waals surface area contributed by atoms with Crippen LogP contribution in [0.4, 0.5) is 10.6 Å². The summed E-state index contributed by atoms with van der Waals surface area (Å²) < 4.78 is 5.14. The van der Waals surface area contributed by atoms with Crippen LogP contribution in [0.25, 0.3) is 0 Å². The van der Waals surface area contributed by atoms with Crippen LogP contribution in [0.1, 0.15) is 25.5 Å². The molecule has 1 N–H and O–H groups in total. The highest BCUT2D eigenvalue weighted by atomic mass is 35.5. The van der Waals surface area contributed by atoms with Crippen LogP contribution in [0, 0.1) is 5.92 Å². The molecule has 0 spiro atoms. The number of carbonyl (C=O) groups excluding carboxylic acids is 1. The van der Waals surface area contributed by atoms with Crippen LogP contribution in [-0.4, -0.2) is 41.8 Å². The van der Waals surface area contributed by atoms with Gasteiger partial charge in [0.05, 0.1) is 6.54 Å². The van der Waals surface area contributed by atoms with Crippen molar-refractivity contribution in [2.24, 2.45) is 5.92 Å². The summed E-state index contributed by atoms with van der Waals surface area (Å²) >= 11 is 0. The van der Waals surface area contributed by atoms with Crippen molar-refractivity contribution in [1.82, 2.24) is 15.3 Å². The van der Waals surface area contributed by atoms with Crippen LogP contribution in [0.15, 0.2) is 12.4 Å². The van der Waals surface area contributed by atoms with E-state index in [-0.39, 0.29) is 37.0 Å². The van der Waals surface area contributed by atoms with Gasteiger partial charge >= 0.3 is 6.09 Å². The monoisotopic (exact) mass is 348 g/mol. The van der Waals surface area contributed by atoms with Crippen LogP contribution < -0.4 is 10.2 Å². The molecule has 3 heterocycles. The molecule has 1 atom stereocenters. The first-order valence-electron chi connectivity index (χ1n) is 7.22. The quantitative estimate of drug-likeness (QED) is 0.906. The van der Waals surface area contributed by atoms with E-state index in [1.54, 1.807) is 11.2 Å². The standard InChI is InChI=1S/C14H20N4O2.2ClH/c1-10-8-18(14(19)20-10)13-7-12(16-9-17-13)6-11-2-4-15-5-3-11;;/h7,9-11,15H,2-6,8H2,1H3;2*1H. The Morgan fingerprint density at radius 2 is 2.05 bits per heavy atom. The molecule has 1 amide bonds. The van der Waals surface area contributed by atoms with Crippen molar-refractivity contribution in [3.05, 3.63) is 18.1 Å². The summed E-state index contributed by atoms with van der Waals surface area (Å²) in [6.45, 7) is 4.61. The van der Waals surface area contributed by atoms with Gasteiger partial charge in [0.2, 0.25) is 0 Å². The summed E-state index contributed by atoms with van der Waals surface area (Å²) in [4.78, 5) is 21.8. The molecule has 1 aromatic rings. The van der Waals surface area contributed by atoms with Gasteiger partial charge in [-0.25, -0.2) is 14.8 Å². The predicted octanol–water partition coefficient (Wildman–Crippen LogP) is 2.21. The highest BCUT2D eigenvalue weighted by molar-refractivity contribution is 5.88. The zero-order valence-electron chi connectivity index (χ0n) is 12.5. The van der Waals surface area contributed by atoms with E-state index >= 15 is 0 Å². The lowest BCUT2D eigenvalue weighted by Crippen LogP contribution is -2.29. The maximum Gasteiger partial charge on any atom is 0.415 e. The van der Waals surface area contributed by atoms with Crippen LogP contribution in [0.5, 0.6) is 0 Å². The van der Waals surface area contributed by atoms with Crippen molar-refractivity contribution in [1.29, 1.82) is 0 Å². The van der Waals surface area contributed by atoms with E-state index in [2.05, 4.69) is 15.3 Å². The summed E-state index contributed by atoms with van der Waals surface area (Å²) in [5.74, 6) is 1.32. The van der Waals surface area contributed by atoms with E-state index in [9.17, 15) is 4.79 Å². The minimum Gasteiger partial charge on any atom is -0.444 e. The number of rotatable bonds is 3. The van der Waals surface area contributed by atoms with Crippen LogP contribution >= 0.6 is 24.8 Å². The highest BCUT2D eigenvalue weighted by Crippen LogP contribution is 2.22. The first kappa shape index (κ1) is 18.9. The van der Waals surface area contributed by atoms with E-state index in [0.29, 0.717) is 18.3 Å². The number of hydrogen-bond donors (Lipinski definition) is 1. The zero-order chi connectivity index (χ0) is 13.9. The number of halogens is 2. The van der Waals surface area contributed by atoms with Gasteiger partial charge in [-0.15, -0.1) is 24.8 Å². The Labute approximate surface area is 142 Å². The van der Waals surface area contributed by atoms with Gasteiger partial charge in [-0.05, 0) is 45.2 Å². The van der Waals surface area contributed by atoms with E-state index in [1.165, 1.54) is 12.8 Å². The number of nitrogens with one attached hydrogen (secondary N) is 1. The number of anilines is 1. The first-order valence-corrected chi connectivity index (χ1v) is 7.22. The van der Waals surface area contributed by atoms with Crippen LogP contribution in [-0.2, 0) is 11.2 Å². The number of ether oxygens (including phenoxy) is 1. The maximum absolute atomic E-state index is 11.7. The molecule has 0 aliphatic carbocycles. The molecule has 3 rings (SSSR count). The van der Waals surface area contributed by atoms with E-state index in [1.807, 2.05) is 13.0 Å². The molecule has 2 aliphatic rings. The van der Waals surface area contributed by atoms with Gasteiger partial charge < -0.3 is 10.1 Å². The number of nitrogens with zero attached hydrogens (tertiary/aromatic N) is 3. The molecule has 1 unspecified atom stereocenters. The van der Waals surface area contributed by atoms with E-state index in [0.717, 1.165) is 25.2 Å². The molecule has 0 saturated carbocycles. The fourth-order valence-corrected chi connectivity index (χ4v) is 2.82. The van der Waals surface area contributed by atoms with Gasteiger partial charge in [0.1, 0.15) is 18.2 Å². The fourth-order valence-electron chi connectivity index (χ4n) is 2.82.